The topological polar surface area (TPSA) is 73.8 Å². The van der Waals surface area contributed by atoms with Gasteiger partial charge in [-0.05, 0) is 59.9 Å². The van der Waals surface area contributed by atoms with E-state index in [-0.39, 0.29) is 18.1 Å². The van der Waals surface area contributed by atoms with E-state index in [1.54, 1.807) is 18.3 Å². The van der Waals surface area contributed by atoms with Crippen molar-refractivity contribution in [1.29, 1.82) is 0 Å². The largest absolute Gasteiger partial charge is 0.633 e. The second-order valence-electron chi connectivity index (χ2n) is 9.42. The molecule has 0 radical (unpaired) electrons. The Hall–Kier alpha value is -3.00. The zero-order chi connectivity index (χ0) is 22.9. The van der Waals surface area contributed by atoms with Crippen LogP contribution in [0.4, 0.5) is 4.39 Å². The fraction of sp³-hybridized carbons (Fsp3) is 0.346. The summed E-state index contributed by atoms with van der Waals surface area (Å²) < 4.78 is 13.6. The molecule has 3 aromatic rings. The first-order valence-electron chi connectivity index (χ1n) is 11.4. The van der Waals surface area contributed by atoms with Crippen LogP contribution in [0, 0.1) is 11.2 Å². The van der Waals surface area contributed by atoms with E-state index in [4.69, 9.17) is 0 Å². The maximum absolute atomic E-state index is 14.0. The molecule has 1 N–H and O–H groups in total. The maximum Gasteiger partial charge on any atom is 0.221 e. The molecule has 0 bridgehead atoms. The van der Waals surface area contributed by atoms with Crippen molar-refractivity contribution < 1.29 is 9.04 Å². The average molecular weight is 446 g/mol. The third-order valence-corrected chi connectivity index (χ3v) is 6.94. The van der Waals surface area contributed by atoms with Gasteiger partial charge in [-0.2, -0.15) is 4.39 Å². The van der Waals surface area contributed by atoms with Gasteiger partial charge < -0.3 is 15.2 Å². The quantitative estimate of drug-likeness (QED) is 0.357. The van der Waals surface area contributed by atoms with Gasteiger partial charge in [0.05, 0.1) is 18.7 Å². The Bertz CT molecular complexity index is 1160. The molecule has 0 spiro atoms. The molecule has 0 saturated carbocycles. The monoisotopic (exact) mass is 445 g/mol. The van der Waals surface area contributed by atoms with Crippen LogP contribution >= 0.6 is 0 Å². The summed E-state index contributed by atoms with van der Waals surface area (Å²) in [5, 5.41) is 17.2. The molecular formula is C26H28FN5O. The highest BCUT2D eigenvalue weighted by molar-refractivity contribution is 5.85. The molecule has 1 aliphatic carbocycles. The highest BCUT2D eigenvalue weighted by Gasteiger charge is 2.38. The normalized spacial score (nSPS) is 27.0. The maximum atomic E-state index is 14.0. The zero-order valence-corrected chi connectivity index (χ0v) is 18.7. The minimum absolute atomic E-state index is 0.129. The molecule has 2 aliphatic rings. The molecule has 33 heavy (non-hydrogen) atoms. The van der Waals surface area contributed by atoms with Gasteiger partial charge in [0.25, 0.3) is 0 Å². The van der Waals surface area contributed by atoms with Crippen LogP contribution in [-0.4, -0.2) is 38.7 Å². The van der Waals surface area contributed by atoms with E-state index in [1.165, 1.54) is 17.3 Å². The Labute approximate surface area is 193 Å². The number of fused-ring (bicyclic) bond motifs is 1. The molecule has 0 amide bonds. The van der Waals surface area contributed by atoms with Gasteiger partial charge in [0, 0.05) is 55.4 Å². The van der Waals surface area contributed by atoms with Crippen LogP contribution in [0.3, 0.4) is 0 Å². The summed E-state index contributed by atoms with van der Waals surface area (Å²) in [7, 11) is 0. The lowest BCUT2D eigenvalue weighted by Gasteiger charge is -2.49. The Kier molecular flexibility index (Phi) is 5.78. The van der Waals surface area contributed by atoms with Crippen molar-refractivity contribution in [3.8, 4) is 0 Å². The van der Waals surface area contributed by atoms with Gasteiger partial charge in [-0.25, -0.2) is 4.98 Å². The van der Waals surface area contributed by atoms with Gasteiger partial charge in [-0.1, -0.05) is 12.1 Å². The van der Waals surface area contributed by atoms with E-state index >= 15 is 0 Å². The van der Waals surface area contributed by atoms with Gasteiger partial charge in [0.2, 0.25) is 5.95 Å². The molecule has 4 heterocycles. The molecule has 170 valence electrons. The molecular weight excluding hydrogens is 417 g/mol. The molecule has 1 aliphatic heterocycles. The van der Waals surface area contributed by atoms with Gasteiger partial charge in [-0.15, -0.1) is 0 Å². The number of likely N-dealkylation sites (tertiary alicyclic amines) is 1. The minimum Gasteiger partial charge on any atom is -0.633 e. The van der Waals surface area contributed by atoms with E-state index in [0.29, 0.717) is 18.7 Å². The van der Waals surface area contributed by atoms with E-state index in [0.717, 1.165) is 30.4 Å². The molecule has 1 fully saturated rings. The first kappa shape index (κ1) is 21.8. The summed E-state index contributed by atoms with van der Waals surface area (Å²) >= 11 is 0. The summed E-state index contributed by atoms with van der Waals surface area (Å²) in [6.07, 6.45) is 13.4. The van der Waals surface area contributed by atoms with Crippen LogP contribution < -0.4 is 5.32 Å². The summed E-state index contributed by atoms with van der Waals surface area (Å²) in [6.45, 7) is 3.25. The van der Waals surface area contributed by atoms with Crippen molar-refractivity contribution in [3.63, 3.8) is 0 Å². The fourth-order valence-electron chi connectivity index (χ4n) is 5.21. The van der Waals surface area contributed by atoms with Crippen molar-refractivity contribution in [2.75, 3.05) is 13.1 Å². The van der Waals surface area contributed by atoms with Crippen molar-refractivity contribution >= 4 is 11.6 Å². The molecule has 7 heteroatoms. The van der Waals surface area contributed by atoms with E-state index in [9.17, 15) is 9.60 Å². The molecule has 5 rings (SSSR count). The summed E-state index contributed by atoms with van der Waals surface area (Å²) in [5.41, 5.74) is 4.76. The summed E-state index contributed by atoms with van der Waals surface area (Å²) in [4.78, 5) is 12.4. The van der Waals surface area contributed by atoms with Gasteiger partial charge in [0.1, 0.15) is 6.54 Å². The number of hydroxylamine groups is 3. The van der Waals surface area contributed by atoms with Crippen LogP contribution in [-0.2, 0) is 12.1 Å². The number of nitrogens with zero attached hydrogens (tertiary/aromatic N) is 4. The highest BCUT2D eigenvalue weighted by atomic mass is 19.1. The predicted molar refractivity (Wildman–Crippen MR) is 126 cm³/mol. The number of quaternary nitrogens is 1. The van der Waals surface area contributed by atoms with Crippen molar-refractivity contribution in [1.82, 2.24) is 20.3 Å². The number of hydrogen-bond acceptors (Lipinski definition) is 5. The Balaban J connectivity index is 1.32. The zero-order valence-electron chi connectivity index (χ0n) is 18.7. The molecule has 6 nitrogen and oxygen atoms in total. The first-order valence-corrected chi connectivity index (χ1v) is 11.4. The van der Waals surface area contributed by atoms with E-state index in [2.05, 4.69) is 39.3 Å². The van der Waals surface area contributed by atoms with Crippen LogP contribution in [0.1, 0.15) is 48.4 Å². The molecule has 0 aromatic carbocycles. The summed E-state index contributed by atoms with van der Waals surface area (Å²) in [6, 6.07) is 9.64. The highest BCUT2D eigenvalue weighted by Crippen LogP contribution is 2.41. The molecule has 1 atom stereocenters. The van der Waals surface area contributed by atoms with Crippen LogP contribution in [0.2, 0.25) is 0 Å². The first-order chi connectivity index (χ1) is 15.9. The van der Waals surface area contributed by atoms with Crippen molar-refractivity contribution in [3.05, 3.63) is 94.7 Å². The third kappa shape index (κ3) is 4.57. The van der Waals surface area contributed by atoms with Crippen LogP contribution in [0.15, 0.2) is 61.3 Å². The van der Waals surface area contributed by atoms with Gasteiger partial charge in [-0.3, -0.25) is 9.97 Å². The smallest absolute Gasteiger partial charge is 0.221 e. The number of nitrogens with one attached hydrogen (secondary N) is 1. The van der Waals surface area contributed by atoms with E-state index in [1.807, 2.05) is 30.7 Å². The van der Waals surface area contributed by atoms with Gasteiger partial charge in [0.15, 0.2) is 0 Å². The standard InChI is InChI=1S/C26H28FN5O/c1-26(15-22(20-4-2-9-28-16-20)14-19-6-11-29-17-24(19)26)31-23-7-12-32(33,13-8-23)18-21-5-3-10-30-25(21)27/h2-6,9-11,14,16-17,23,31H,7-8,12-13,15,18H2,1H3. The molecule has 3 aromatic heterocycles. The Morgan fingerprint density at radius 2 is 1.88 bits per heavy atom. The molecule has 1 saturated heterocycles. The van der Waals surface area contributed by atoms with Gasteiger partial charge >= 0.3 is 0 Å². The van der Waals surface area contributed by atoms with Crippen LogP contribution in [0.5, 0.6) is 0 Å². The minimum atomic E-state index is -0.542. The lowest BCUT2D eigenvalue weighted by Crippen LogP contribution is -2.55. The average Bonchev–Trinajstić information content (AvgIpc) is 2.83. The Morgan fingerprint density at radius 1 is 1.09 bits per heavy atom. The fourth-order valence-corrected chi connectivity index (χ4v) is 5.21. The van der Waals surface area contributed by atoms with Crippen LogP contribution in [0.25, 0.3) is 11.6 Å². The lowest BCUT2D eigenvalue weighted by molar-refractivity contribution is -0.899. The second kappa shape index (κ2) is 8.74. The third-order valence-electron chi connectivity index (χ3n) is 6.94. The number of hydrogen-bond donors (Lipinski definition) is 1. The lowest BCUT2D eigenvalue weighted by atomic mass is 9.76. The van der Waals surface area contributed by atoms with Crippen molar-refractivity contribution in [2.24, 2.45) is 0 Å². The number of piperidine rings is 1. The SMILES string of the molecule is CC1(NC2CC[N+]([O-])(Cc3cccnc3F)CC2)CC(c2cccnc2)=Cc2ccncc21. The van der Waals surface area contributed by atoms with E-state index < -0.39 is 10.6 Å². The second-order valence-corrected chi connectivity index (χ2v) is 9.42. The molecule has 1 unspecified atom stereocenters. The summed E-state index contributed by atoms with van der Waals surface area (Å²) in [5.74, 6) is -0.542. The number of pyridine rings is 3. The predicted octanol–water partition coefficient (Wildman–Crippen LogP) is 4.44. The van der Waals surface area contributed by atoms with Crippen molar-refractivity contribution in [2.45, 2.75) is 44.3 Å². The number of rotatable bonds is 5. The Morgan fingerprint density at radius 3 is 2.64 bits per heavy atom. The number of halogens is 1. The number of aromatic nitrogens is 3.